The molecule has 3 N–H and O–H groups in total. The number of nitrogens with one attached hydrogen (secondary N) is 1. The van der Waals surface area contributed by atoms with Crippen molar-refractivity contribution in [3.05, 3.63) is 0 Å². The maximum absolute atomic E-state index is 5.74. The van der Waals surface area contributed by atoms with Crippen LogP contribution in [0, 0.1) is 12.3 Å². The first-order valence-electron chi connectivity index (χ1n) is 6.75. The molecule has 0 aromatic heterocycles. The summed E-state index contributed by atoms with van der Waals surface area (Å²) in [5, 5.41) is 0. The fraction of sp³-hybridized carbons (Fsp3) is 0.857. The molecule has 0 saturated carbocycles. The number of likely N-dealkylation sites (N-methyl/N-ethyl adjacent to an activating group) is 1. The van der Waals surface area contributed by atoms with Gasteiger partial charge in [0.05, 0.1) is 0 Å². The molecule has 0 rings (SSSR count). The third kappa shape index (κ3) is 4.31. The van der Waals surface area contributed by atoms with Crippen molar-refractivity contribution in [2.24, 2.45) is 5.84 Å². The van der Waals surface area contributed by atoms with E-state index in [0.29, 0.717) is 6.04 Å². The second kappa shape index (κ2) is 8.52. The summed E-state index contributed by atoms with van der Waals surface area (Å²) in [4.78, 5) is 2.48. The van der Waals surface area contributed by atoms with Gasteiger partial charge in [-0.15, -0.1) is 12.3 Å². The largest absolute Gasteiger partial charge is 0.297 e. The van der Waals surface area contributed by atoms with Gasteiger partial charge in [0.25, 0.3) is 0 Å². The van der Waals surface area contributed by atoms with Crippen molar-refractivity contribution in [2.45, 2.75) is 65.0 Å². The Morgan fingerprint density at radius 1 is 1.35 bits per heavy atom. The van der Waals surface area contributed by atoms with E-state index >= 15 is 0 Å². The quantitative estimate of drug-likeness (QED) is 0.280. The molecule has 0 aliphatic heterocycles. The second-order valence-corrected chi connectivity index (χ2v) is 4.70. The highest BCUT2D eigenvalue weighted by Gasteiger charge is 2.35. The van der Waals surface area contributed by atoms with Gasteiger partial charge >= 0.3 is 0 Å². The fourth-order valence-corrected chi connectivity index (χ4v) is 2.62. The maximum atomic E-state index is 5.74. The van der Waals surface area contributed by atoms with Crippen molar-refractivity contribution in [1.82, 2.24) is 10.3 Å². The van der Waals surface area contributed by atoms with E-state index in [9.17, 15) is 0 Å². The summed E-state index contributed by atoms with van der Waals surface area (Å²) in [5.74, 6) is 8.43. The molecule has 0 radical (unpaired) electrons. The Bertz CT molecular complexity index is 230. The van der Waals surface area contributed by atoms with Crippen LogP contribution in [0.4, 0.5) is 0 Å². The molecule has 17 heavy (non-hydrogen) atoms. The van der Waals surface area contributed by atoms with Crippen LogP contribution >= 0.6 is 0 Å². The van der Waals surface area contributed by atoms with Gasteiger partial charge in [0, 0.05) is 18.0 Å². The van der Waals surface area contributed by atoms with Crippen LogP contribution in [0.2, 0.25) is 0 Å². The molecule has 0 amide bonds. The highest BCUT2D eigenvalue weighted by atomic mass is 15.3. The first-order chi connectivity index (χ1) is 8.10. The number of hydrazine groups is 1. The first kappa shape index (κ1) is 16.4. The van der Waals surface area contributed by atoms with Crippen molar-refractivity contribution in [1.29, 1.82) is 0 Å². The highest BCUT2D eigenvalue weighted by molar-refractivity contribution is 4.95. The lowest BCUT2D eigenvalue weighted by molar-refractivity contribution is 0.0660. The van der Waals surface area contributed by atoms with Crippen LogP contribution in [-0.2, 0) is 0 Å². The van der Waals surface area contributed by atoms with Crippen molar-refractivity contribution in [3.8, 4) is 12.3 Å². The number of hydrogen-bond donors (Lipinski definition) is 2. The van der Waals surface area contributed by atoms with E-state index in [1.165, 1.54) is 0 Å². The Kier molecular flexibility index (Phi) is 8.24. The molecule has 0 saturated heterocycles. The van der Waals surface area contributed by atoms with Crippen LogP contribution in [0.25, 0.3) is 0 Å². The monoisotopic (exact) mass is 239 g/mol. The normalized spacial score (nSPS) is 16.5. The van der Waals surface area contributed by atoms with Crippen LogP contribution in [0.1, 0.15) is 53.4 Å². The number of unbranched alkanes of at least 4 members (excludes halogenated alkanes) is 1. The summed E-state index contributed by atoms with van der Waals surface area (Å²) in [7, 11) is 0. The van der Waals surface area contributed by atoms with E-state index in [0.717, 1.165) is 38.8 Å². The van der Waals surface area contributed by atoms with Crippen LogP contribution < -0.4 is 11.3 Å². The average molecular weight is 239 g/mol. The number of terminal acetylenes is 1. The van der Waals surface area contributed by atoms with Gasteiger partial charge in [0.2, 0.25) is 0 Å². The van der Waals surface area contributed by atoms with E-state index in [-0.39, 0.29) is 5.54 Å². The van der Waals surface area contributed by atoms with Crippen molar-refractivity contribution >= 4 is 0 Å². The predicted octanol–water partition coefficient (Wildman–Crippen LogP) is 2.13. The molecule has 0 aliphatic carbocycles. The summed E-state index contributed by atoms with van der Waals surface area (Å²) < 4.78 is 0. The second-order valence-electron chi connectivity index (χ2n) is 4.70. The van der Waals surface area contributed by atoms with Gasteiger partial charge < -0.3 is 0 Å². The minimum atomic E-state index is 0.104. The molecule has 0 bridgehead atoms. The van der Waals surface area contributed by atoms with Gasteiger partial charge in [0.15, 0.2) is 0 Å². The molecule has 2 atom stereocenters. The Labute approximate surface area is 107 Å². The number of hydrogen-bond acceptors (Lipinski definition) is 3. The topological polar surface area (TPSA) is 41.3 Å². The molecule has 0 aliphatic rings. The molecule has 0 aromatic rings. The van der Waals surface area contributed by atoms with Gasteiger partial charge in [0.1, 0.15) is 0 Å². The molecule has 0 aromatic carbocycles. The molecular weight excluding hydrogens is 210 g/mol. The molecule has 100 valence electrons. The lowest BCUT2D eigenvalue weighted by Crippen LogP contribution is -2.60. The summed E-state index contributed by atoms with van der Waals surface area (Å²) in [6.45, 7) is 11.0. The number of nitrogens with zero attached hydrogens (tertiary/aromatic N) is 1. The van der Waals surface area contributed by atoms with Gasteiger partial charge in [-0.2, -0.15) is 0 Å². The third-order valence-corrected chi connectivity index (χ3v) is 3.97. The summed E-state index contributed by atoms with van der Waals surface area (Å²) in [5.41, 5.74) is 3.10. The van der Waals surface area contributed by atoms with Gasteiger partial charge in [-0.05, 0) is 39.3 Å². The van der Waals surface area contributed by atoms with Crippen molar-refractivity contribution in [3.63, 3.8) is 0 Å². The zero-order valence-electron chi connectivity index (χ0n) is 11.9. The van der Waals surface area contributed by atoms with Gasteiger partial charge in [-0.25, -0.2) is 0 Å². The molecule has 0 heterocycles. The first-order valence-corrected chi connectivity index (χ1v) is 6.75. The third-order valence-electron chi connectivity index (χ3n) is 3.97. The molecule has 0 fully saturated rings. The van der Waals surface area contributed by atoms with Gasteiger partial charge in [-0.1, -0.05) is 20.8 Å². The number of nitrogens with two attached hydrogens (primary N) is 1. The fourth-order valence-electron chi connectivity index (χ4n) is 2.62. The minimum absolute atomic E-state index is 0.104. The Morgan fingerprint density at radius 3 is 2.29 bits per heavy atom. The summed E-state index contributed by atoms with van der Waals surface area (Å²) in [6.07, 6.45) is 9.27. The highest BCUT2D eigenvalue weighted by Crippen LogP contribution is 2.26. The lowest BCUT2D eigenvalue weighted by Gasteiger charge is -2.45. The summed E-state index contributed by atoms with van der Waals surface area (Å²) >= 11 is 0. The van der Waals surface area contributed by atoms with Crippen molar-refractivity contribution in [2.75, 3.05) is 13.1 Å². The SMILES string of the molecule is C#CCCCC(NN)C(C)(CC)N(CC)CC. The van der Waals surface area contributed by atoms with Crippen LogP contribution in [0.3, 0.4) is 0 Å². The maximum Gasteiger partial charge on any atom is 0.0392 e. The zero-order valence-corrected chi connectivity index (χ0v) is 11.9. The van der Waals surface area contributed by atoms with Crippen molar-refractivity contribution < 1.29 is 0 Å². The Balaban J connectivity index is 4.70. The van der Waals surface area contributed by atoms with Crippen LogP contribution in [0.5, 0.6) is 0 Å². The Morgan fingerprint density at radius 2 is 1.94 bits per heavy atom. The smallest absolute Gasteiger partial charge is 0.0392 e. The minimum Gasteiger partial charge on any atom is -0.297 e. The summed E-state index contributed by atoms with van der Waals surface area (Å²) in [6, 6.07) is 0.292. The molecule has 3 heteroatoms. The van der Waals surface area contributed by atoms with E-state index in [1.807, 2.05) is 0 Å². The standard InChI is InChI=1S/C14H29N3/c1-6-10-11-12-13(16-15)14(5,7-2)17(8-3)9-4/h1,13,16H,7-12,15H2,2-5H3. The van der Waals surface area contributed by atoms with Crippen LogP contribution in [0.15, 0.2) is 0 Å². The van der Waals surface area contributed by atoms with E-state index in [1.54, 1.807) is 0 Å². The number of rotatable bonds is 9. The van der Waals surface area contributed by atoms with E-state index in [2.05, 4.69) is 43.9 Å². The van der Waals surface area contributed by atoms with Gasteiger partial charge in [-0.3, -0.25) is 16.2 Å². The van der Waals surface area contributed by atoms with E-state index < -0.39 is 0 Å². The van der Waals surface area contributed by atoms with Crippen LogP contribution in [-0.4, -0.2) is 29.6 Å². The zero-order chi connectivity index (χ0) is 13.3. The van der Waals surface area contributed by atoms with E-state index in [4.69, 9.17) is 12.3 Å². The molecule has 3 nitrogen and oxygen atoms in total. The Hall–Kier alpha value is -0.560. The molecule has 2 unspecified atom stereocenters. The molecular formula is C14H29N3. The average Bonchev–Trinajstić information content (AvgIpc) is 2.35. The predicted molar refractivity (Wildman–Crippen MR) is 75.4 cm³/mol. The molecule has 0 spiro atoms. The lowest BCUT2D eigenvalue weighted by atomic mass is 9.84.